The molecular weight excluding hydrogens is 422 g/mol. The van der Waals surface area contributed by atoms with Crippen LogP contribution in [-0.2, 0) is 6.54 Å². The zero-order valence-electron chi connectivity index (χ0n) is 13.4. The summed E-state index contributed by atoms with van der Waals surface area (Å²) in [5, 5.41) is 9.73. The molecule has 0 fully saturated rings. The molecule has 1 amide bonds. The van der Waals surface area contributed by atoms with Crippen LogP contribution < -0.4 is 5.73 Å². The molecule has 3 N–H and O–H groups in total. The first-order valence-electron chi connectivity index (χ1n) is 7.44. The Kier molecular flexibility index (Phi) is 5.27. The maximum absolute atomic E-state index is 13.6. The van der Waals surface area contributed by atoms with Crippen LogP contribution in [0.5, 0.6) is 0 Å². The molecular formula is C15H12Cl3FN6O2. The number of carbonyl (C=O) groups is 1. The molecule has 3 rings (SSSR count). The van der Waals surface area contributed by atoms with E-state index in [2.05, 4.69) is 15.0 Å². The van der Waals surface area contributed by atoms with Gasteiger partial charge in [0.25, 0.3) is 0 Å². The van der Waals surface area contributed by atoms with E-state index in [0.717, 1.165) is 9.47 Å². The van der Waals surface area contributed by atoms with Gasteiger partial charge in [0, 0.05) is 0 Å². The molecule has 0 aliphatic carbocycles. The number of hydrogen-bond donors (Lipinski definition) is 2. The number of aromatic nitrogens is 4. The van der Waals surface area contributed by atoms with Crippen molar-refractivity contribution in [2.75, 3.05) is 5.73 Å². The number of hydrogen-bond acceptors (Lipinski definition) is 5. The molecule has 12 heteroatoms. The van der Waals surface area contributed by atoms with E-state index in [1.54, 1.807) is 30.3 Å². The summed E-state index contributed by atoms with van der Waals surface area (Å²) in [6, 6.07) is 8.71. The average molecular weight is 434 g/mol. The third kappa shape index (κ3) is 4.00. The number of nitrogens with two attached hydrogens (primary N) is 1. The van der Waals surface area contributed by atoms with Crippen molar-refractivity contribution in [1.82, 2.24) is 24.4 Å². The first-order valence-corrected chi connectivity index (χ1v) is 8.57. The Morgan fingerprint density at radius 3 is 2.56 bits per heavy atom. The lowest BCUT2D eigenvalue weighted by Crippen LogP contribution is -2.43. The van der Waals surface area contributed by atoms with Crippen LogP contribution in [0.4, 0.5) is 15.0 Å². The van der Waals surface area contributed by atoms with Gasteiger partial charge in [-0.05, 0) is 5.56 Å². The predicted octanol–water partition coefficient (Wildman–Crippen LogP) is 3.60. The normalized spacial score (nSPS) is 12.9. The van der Waals surface area contributed by atoms with Crippen LogP contribution in [0, 0.1) is 6.08 Å². The van der Waals surface area contributed by atoms with Crippen LogP contribution in [0.15, 0.2) is 36.7 Å². The summed E-state index contributed by atoms with van der Waals surface area (Å²) >= 11 is 18.3. The molecule has 0 saturated carbocycles. The quantitative estimate of drug-likeness (QED) is 0.480. The summed E-state index contributed by atoms with van der Waals surface area (Å²) in [4.78, 5) is 23.8. The third-order valence-electron chi connectivity index (χ3n) is 3.71. The maximum Gasteiger partial charge on any atom is 0.409 e. The van der Waals surface area contributed by atoms with E-state index in [4.69, 9.17) is 40.5 Å². The number of nitrogen functional groups attached to an aromatic ring is 1. The Labute approximate surface area is 167 Å². The van der Waals surface area contributed by atoms with E-state index in [9.17, 15) is 14.3 Å². The number of fused-ring (bicyclic) bond motifs is 1. The number of rotatable bonds is 4. The van der Waals surface area contributed by atoms with Crippen LogP contribution in [-0.4, -0.2) is 39.4 Å². The number of benzene rings is 1. The van der Waals surface area contributed by atoms with Gasteiger partial charge >= 0.3 is 12.2 Å². The van der Waals surface area contributed by atoms with Crippen molar-refractivity contribution < 1.29 is 14.3 Å². The number of anilines is 1. The Balaban J connectivity index is 2.15. The molecule has 2 heterocycles. The highest BCUT2D eigenvalue weighted by atomic mass is 35.6. The molecule has 0 aliphatic heterocycles. The number of alkyl halides is 3. The van der Waals surface area contributed by atoms with Crippen LogP contribution in [0.25, 0.3) is 11.2 Å². The molecule has 0 aliphatic rings. The van der Waals surface area contributed by atoms with Gasteiger partial charge in [-0.15, -0.1) is 0 Å². The second kappa shape index (κ2) is 7.34. The van der Waals surface area contributed by atoms with Crippen molar-refractivity contribution in [3.8, 4) is 0 Å². The van der Waals surface area contributed by atoms with Crippen molar-refractivity contribution in [1.29, 1.82) is 0 Å². The van der Waals surface area contributed by atoms with Crippen LogP contribution in [0.2, 0.25) is 0 Å². The van der Waals surface area contributed by atoms with Gasteiger partial charge in [-0.3, -0.25) is 9.47 Å². The largest absolute Gasteiger partial charge is 0.465 e. The van der Waals surface area contributed by atoms with Gasteiger partial charge < -0.3 is 10.8 Å². The minimum absolute atomic E-state index is 0.0562. The molecule has 2 aromatic heterocycles. The molecule has 3 aromatic rings. The van der Waals surface area contributed by atoms with E-state index < -0.39 is 22.1 Å². The molecule has 1 aromatic carbocycles. The summed E-state index contributed by atoms with van der Waals surface area (Å²) in [5.41, 5.74) is 6.25. The molecule has 27 heavy (non-hydrogen) atoms. The number of halogens is 4. The van der Waals surface area contributed by atoms with Crippen LogP contribution in [0.3, 0.4) is 0 Å². The Hall–Kier alpha value is -2.36. The highest BCUT2D eigenvalue weighted by Gasteiger charge is 2.42. The van der Waals surface area contributed by atoms with Gasteiger partial charge in [0.05, 0.1) is 12.9 Å². The number of nitrogens with zero attached hydrogens (tertiary/aromatic N) is 5. The van der Waals surface area contributed by atoms with E-state index in [1.165, 1.54) is 6.33 Å². The maximum atomic E-state index is 13.6. The minimum Gasteiger partial charge on any atom is -0.465 e. The van der Waals surface area contributed by atoms with Gasteiger partial charge in [-0.2, -0.15) is 14.4 Å². The SMILES string of the molecule is Nc1nc(F)nc2c1ncn2C(N(Cc1ccccc1)C(=O)O)C(Cl)(Cl)Cl. The fraction of sp³-hybridized carbons (Fsp3) is 0.200. The lowest BCUT2D eigenvalue weighted by molar-refractivity contribution is 0.0992. The van der Waals surface area contributed by atoms with Gasteiger partial charge in [-0.1, -0.05) is 65.1 Å². The van der Waals surface area contributed by atoms with E-state index in [0.29, 0.717) is 5.56 Å². The molecule has 0 spiro atoms. The third-order valence-corrected chi connectivity index (χ3v) is 4.30. The fourth-order valence-electron chi connectivity index (χ4n) is 2.61. The van der Waals surface area contributed by atoms with Crippen molar-refractivity contribution in [2.24, 2.45) is 0 Å². The van der Waals surface area contributed by atoms with E-state index in [-0.39, 0.29) is 23.5 Å². The monoisotopic (exact) mass is 432 g/mol. The van der Waals surface area contributed by atoms with Crippen LogP contribution in [0.1, 0.15) is 11.7 Å². The topological polar surface area (TPSA) is 110 Å². The minimum atomic E-state index is -2.13. The summed E-state index contributed by atoms with van der Waals surface area (Å²) in [6.45, 7) is -0.0997. The summed E-state index contributed by atoms with van der Waals surface area (Å²) in [7, 11) is 0. The van der Waals surface area contributed by atoms with Crippen molar-refractivity contribution in [3.63, 3.8) is 0 Å². The highest BCUT2D eigenvalue weighted by molar-refractivity contribution is 6.67. The number of imidazole rings is 1. The van der Waals surface area contributed by atoms with E-state index in [1.807, 2.05) is 0 Å². The molecule has 8 nitrogen and oxygen atoms in total. The Bertz CT molecular complexity index is 979. The van der Waals surface area contributed by atoms with Gasteiger partial charge in [0.1, 0.15) is 0 Å². The second-order valence-corrected chi connectivity index (χ2v) is 7.88. The van der Waals surface area contributed by atoms with Crippen LogP contribution >= 0.6 is 34.8 Å². The first-order chi connectivity index (χ1) is 12.7. The molecule has 142 valence electrons. The zero-order chi connectivity index (χ0) is 19.8. The van der Waals surface area contributed by atoms with Gasteiger partial charge in [-0.25, -0.2) is 9.78 Å². The number of amides is 1. The average Bonchev–Trinajstić information content (AvgIpc) is 2.97. The fourth-order valence-corrected chi connectivity index (χ4v) is 3.28. The standard InChI is InChI=1S/C15H12Cl3FN6O2/c16-15(17,18)12(24(14(26)27)6-8-4-2-1-3-5-8)25-7-21-9-10(20)22-13(19)23-11(9)25/h1-5,7,12H,6H2,(H,26,27)(H2,20,22,23). The molecule has 0 saturated heterocycles. The number of carboxylic acid groups (broad SMARTS) is 1. The smallest absolute Gasteiger partial charge is 0.409 e. The first kappa shape index (κ1) is 19.4. The molecule has 1 atom stereocenters. The molecule has 0 radical (unpaired) electrons. The lowest BCUT2D eigenvalue weighted by Gasteiger charge is -2.34. The van der Waals surface area contributed by atoms with Crippen molar-refractivity contribution in [3.05, 3.63) is 48.3 Å². The van der Waals surface area contributed by atoms with Gasteiger partial charge in [0.2, 0.25) is 3.79 Å². The second-order valence-electron chi connectivity index (χ2n) is 5.51. The van der Waals surface area contributed by atoms with Gasteiger partial charge in [0.15, 0.2) is 23.1 Å². The predicted molar refractivity (Wildman–Crippen MR) is 99.0 cm³/mol. The summed E-state index contributed by atoms with van der Waals surface area (Å²) < 4.78 is 12.7. The van der Waals surface area contributed by atoms with Crippen molar-refractivity contribution in [2.45, 2.75) is 16.5 Å². The Morgan fingerprint density at radius 1 is 1.30 bits per heavy atom. The zero-order valence-corrected chi connectivity index (χ0v) is 15.7. The summed E-state index contributed by atoms with van der Waals surface area (Å²) in [5.74, 6) is -0.218. The Morgan fingerprint density at radius 2 is 1.96 bits per heavy atom. The molecule has 1 unspecified atom stereocenters. The van der Waals surface area contributed by atoms with Crippen molar-refractivity contribution >= 4 is 57.9 Å². The lowest BCUT2D eigenvalue weighted by atomic mass is 10.2. The summed E-state index contributed by atoms with van der Waals surface area (Å²) in [6.07, 6.45) is -2.71. The highest BCUT2D eigenvalue weighted by Crippen LogP contribution is 2.42. The van der Waals surface area contributed by atoms with E-state index >= 15 is 0 Å². The molecule has 0 bridgehead atoms.